The van der Waals surface area contributed by atoms with Crippen molar-refractivity contribution in [2.75, 3.05) is 26.3 Å². The van der Waals surface area contributed by atoms with E-state index in [9.17, 15) is 0 Å². The van der Waals surface area contributed by atoms with Crippen LogP contribution in [0.3, 0.4) is 0 Å². The summed E-state index contributed by atoms with van der Waals surface area (Å²) in [7, 11) is 0. The van der Waals surface area contributed by atoms with Gasteiger partial charge in [0.05, 0.1) is 0 Å². The molecule has 2 heteroatoms. The zero-order valence-electron chi connectivity index (χ0n) is 11.4. The Morgan fingerprint density at radius 1 is 1.25 bits per heavy atom. The summed E-state index contributed by atoms with van der Waals surface area (Å²) >= 11 is 0. The maximum Gasteiger partial charge on any atom is 0.0486 e. The minimum atomic E-state index is 0.377. The molecule has 2 nitrogen and oxygen atoms in total. The molecule has 1 spiro atoms. The Balaban J connectivity index is 0.000000606. The summed E-state index contributed by atoms with van der Waals surface area (Å²) in [6.45, 7) is 12.7. The standard InChI is InChI=1S/C12H21NO.C2H6/c1-3-11-5-8-13(4-2)12(11)6-9-14-10-7-12;1-2/h5H,3-4,6-10H2,1-2H3;1-2H3. The fourth-order valence-corrected chi connectivity index (χ4v) is 3.04. The smallest absolute Gasteiger partial charge is 0.0486 e. The number of likely N-dealkylation sites (N-methyl/N-ethyl adjacent to an activating group) is 1. The number of hydrogen-bond donors (Lipinski definition) is 0. The second-order valence-corrected chi connectivity index (χ2v) is 4.27. The minimum Gasteiger partial charge on any atom is -0.381 e. The Kier molecular flexibility index (Phi) is 5.50. The summed E-state index contributed by atoms with van der Waals surface area (Å²) < 4.78 is 5.49. The number of hydrogen-bond acceptors (Lipinski definition) is 2. The molecule has 0 radical (unpaired) electrons. The topological polar surface area (TPSA) is 12.5 Å². The number of rotatable bonds is 2. The SMILES string of the molecule is CC.CCC1=CCN(CC)C12CCOCC2. The van der Waals surface area contributed by atoms with Crippen LogP contribution in [0, 0.1) is 0 Å². The summed E-state index contributed by atoms with van der Waals surface area (Å²) in [5, 5.41) is 0. The molecule has 0 atom stereocenters. The first-order valence-corrected chi connectivity index (χ1v) is 6.86. The van der Waals surface area contributed by atoms with E-state index in [1.165, 1.54) is 25.8 Å². The van der Waals surface area contributed by atoms with Crippen LogP contribution in [0.25, 0.3) is 0 Å². The molecule has 0 unspecified atom stereocenters. The van der Waals surface area contributed by atoms with Gasteiger partial charge in [-0.15, -0.1) is 0 Å². The molecule has 2 aliphatic rings. The lowest BCUT2D eigenvalue weighted by Crippen LogP contribution is -2.50. The van der Waals surface area contributed by atoms with Crippen LogP contribution < -0.4 is 0 Å². The van der Waals surface area contributed by atoms with Gasteiger partial charge in [0.15, 0.2) is 0 Å². The highest BCUT2D eigenvalue weighted by Gasteiger charge is 2.42. The van der Waals surface area contributed by atoms with Gasteiger partial charge in [0, 0.05) is 25.3 Å². The van der Waals surface area contributed by atoms with Crippen LogP contribution in [0.4, 0.5) is 0 Å². The second-order valence-electron chi connectivity index (χ2n) is 4.27. The maximum absolute atomic E-state index is 5.49. The van der Waals surface area contributed by atoms with Crippen molar-refractivity contribution >= 4 is 0 Å². The van der Waals surface area contributed by atoms with Crippen LogP contribution in [0.5, 0.6) is 0 Å². The van der Waals surface area contributed by atoms with Gasteiger partial charge in [0.2, 0.25) is 0 Å². The molecule has 0 bridgehead atoms. The van der Waals surface area contributed by atoms with Crippen molar-refractivity contribution in [2.45, 2.75) is 52.5 Å². The third-order valence-electron chi connectivity index (χ3n) is 3.84. The predicted molar refractivity (Wildman–Crippen MR) is 69.8 cm³/mol. The molecular weight excluding hydrogens is 198 g/mol. The largest absolute Gasteiger partial charge is 0.381 e. The molecule has 2 rings (SSSR count). The lowest BCUT2D eigenvalue weighted by molar-refractivity contribution is 0.00427. The molecule has 2 heterocycles. The maximum atomic E-state index is 5.49. The van der Waals surface area contributed by atoms with Gasteiger partial charge in [0.25, 0.3) is 0 Å². The van der Waals surface area contributed by atoms with Crippen molar-refractivity contribution in [3.8, 4) is 0 Å². The predicted octanol–water partition coefficient (Wildman–Crippen LogP) is 3.23. The van der Waals surface area contributed by atoms with E-state index in [0.29, 0.717) is 5.54 Å². The molecule has 0 saturated carbocycles. The Bertz CT molecular complexity index is 229. The monoisotopic (exact) mass is 225 g/mol. The summed E-state index contributed by atoms with van der Waals surface area (Å²) in [4.78, 5) is 2.62. The molecule has 1 fully saturated rings. The zero-order valence-corrected chi connectivity index (χ0v) is 11.4. The van der Waals surface area contributed by atoms with E-state index in [2.05, 4.69) is 24.8 Å². The first kappa shape index (κ1) is 13.7. The molecule has 0 N–H and O–H groups in total. The van der Waals surface area contributed by atoms with Crippen LogP contribution >= 0.6 is 0 Å². The van der Waals surface area contributed by atoms with E-state index in [-0.39, 0.29) is 0 Å². The van der Waals surface area contributed by atoms with E-state index in [0.717, 1.165) is 19.8 Å². The Morgan fingerprint density at radius 3 is 2.38 bits per heavy atom. The van der Waals surface area contributed by atoms with Gasteiger partial charge >= 0.3 is 0 Å². The van der Waals surface area contributed by atoms with Crippen molar-refractivity contribution in [2.24, 2.45) is 0 Å². The second kappa shape index (κ2) is 6.41. The normalized spacial score (nSPS) is 23.9. The van der Waals surface area contributed by atoms with Crippen molar-refractivity contribution < 1.29 is 4.74 Å². The molecule has 0 aromatic rings. The highest BCUT2D eigenvalue weighted by Crippen LogP contribution is 2.40. The van der Waals surface area contributed by atoms with E-state index in [4.69, 9.17) is 4.74 Å². The molecule has 0 aliphatic carbocycles. The lowest BCUT2D eigenvalue weighted by Gasteiger charge is -2.43. The summed E-state index contributed by atoms with van der Waals surface area (Å²) in [5.74, 6) is 0. The highest BCUT2D eigenvalue weighted by atomic mass is 16.5. The van der Waals surface area contributed by atoms with E-state index >= 15 is 0 Å². The van der Waals surface area contributed by atoms with Gasteiger partial charge in [-0.1, -0.05) is 39.3 Å². The molecule has 16 heavy (non-hydrogen) atoms. The number of ether oxygens (including phenoxy) is 1. The summed E-state index contributed by atoms with van der Waals surface area (Å²) in [5.41, 5.74) is 2.03. The molecule has 0 aromatic carbocycles. The van der Waals surface area contributed by atoms with E-state index in [1.54, 1.807) is 5.57 Å². The Hall–Kier alpha value is -0.340. The third kappa shape index (κ3) is 2.33. The van der Waals surface area contributed by atoms with Crippen molar-refractivity contribution in [3.63, 3.8) is 0 Å². The highest BCUT2D eigenvalue weighted by molar-refractivity contribution is 5.27. The molecular formula is C14H27NO. The Morgan fingerprint density at radius 2 is 1.88 bits per heavy atom. The summed E-state index contributed by atoms with van der Waals surface area (Å²) in [6.07, 6.45) is 6.03. The molecule has 2 aliphatic heterocycles. The van der Waals surface area contributed by atoms with Gasteiger partial charge in [0.1, 0.15) is 0 Å². The zero-order chi connectivity index (χ0) is 12.0. The van der Waals surface area contributed by atoms with E-state index < -0.39 is 0 Å². The van der Waals surface area contributed by atoms with Gasteiger partial charge in [-0.2, -0.15) is 0 Å². The van der Waals surface area contributed by atoms with Crippen LogP contribution in [0.15, 0.2) is 11.6 Å². The van der Waals surface area contributed by atoms with Crippen LogP contribution in [0.2, 0.25) is 0 Å². The average Bonchev–Trinajstić information content (AvgIpc) is 2.70. The van der Waals surface area contributed by atoms with Crippen LogP contribution in [-0.2, 0) is 4.74 Å². The fraction of sp³-hybridized carbons (Fsp3) is 0.857. The third-order valence-corrected chi connectivity index (χ3v) is 3.84. The lowest BCUT2D eigenvalue weighted by atomic mass is 9.82. The van der Waals surface area contributed by atoms with Gasteiger partial charge in [-0.05, 0) is 25.8 Å². The average molecular weight is 225 g/mol. The first-order chi connectivity index (χ1) is 7.83. The first-order valence-electron chi connectivity index (χ1n) is 6.86. The van der Waals surface area contributed by atoms with Gasteiger partial charge in [-0.3, -0.25) is 4.90 Å². The Labute approximate surface area is 101 Å². The van der Waals surface area contributed by atoms with Gasteiger partial charge < -0.3 is 4.74 Å². The fourth-order valence-electron chi connectivity index (χ4n) is 3.04. The van der Waals surface area contributed by atoms with Crippen molar-refractivity contribution in [1.82, 2.24) is 4.90 Å². The quantitative estimate of drug-likeness (QED) is 0.669. The minimum absolute atomic E-state index is 0.377. The molecule has 0 amide bonds. The van der Waals surface area contributed by atoms with E-state index in [1.807, 2.05) is 13.8 Å². The van der Waals surface area contributed by atoms with Gasteiger partial charge in [-0.25, -0.2) is 0 Å². The van der Waals surface area contributed by atoms with Crippen LogP contribution in [0.1, 0.15) is 47.0 Å². The summed E-state index contributed by atoms with van der Waals surface area (Å²) in [6, 6.07) is 0. The van der Waals surface area contributed by atoms with Crippen LogP contribution in [-0.4, -0.2) is 36.7 Å². The molecule has 0 aromatic heterocycles. The molecule has 1 saturated heterocycles. The van der Waals surface area contributed by atoms with Crippen molar-refractivity contribution in [3.05, 3.63) is 11.6 Å². The van der Waals surface area contributed by atoms with Crippen molar-refractivity contribution in [1.29, 1.82) is 0 Å². The number of nitrogens with zero attached hydrogens (tertiary/aromatic N) is 1. The molecule has 94 valence electrons.